The van der Waals surface area contributed by atoms with Crippen molar-refractivity contribution in [2.75, 3.05) is 31.1 Å². The van der Waals surface area contributed by atoms with Gasteiger partial charge in [-0.15, -0.1) is 0 Å². The molecule has 0 saturated carbocycles. The van der Waals surface area contributed by atoms with Crippen LogP contribution in [-0.2, 0) is 16.0 Å². The SMILES string of the molecule is O=C(NCC1CCN(c2ccncc2)CC1)C1OCCc2ccccc21. The van der Waals surface area contributed by atoms with Gasteiger partial charge in [-0.05, 0) is 48.4 Å². The summed E-state index contributed by atoms with van der Waals surface area (Å²) in [6.45, 7) is 3.38. The molecule has 3 heterocycles. The van der Waals surface area contributed by atoms with Crippen LogP contribution in [-0.4, -0.2) is 37.1 Å². The summed E-state index contributed by atoms with van der Waals surface area (Å²) in [6.07, 6.45) is 6.27. The number of aromatic nitrogens is 1. The number of carbonyl (C=O) groups is 1. The summed E-state index contributed by atoms with van der Waals surface area (Å²) in [5.74, 6) is 0.518. The number of rotatable bonds is 4. The Morgan fingerprint density at radius 2 is 1.92 bits per heavy atom. The Hall–Kier alpha value is -2.40. The number of amides is 1. The van der Waals surface area contributed by atoms with Crippen molar-refractivity contribution in [1.82, 2.24) is 10.3 Å². The topological polar surface area (TPSA) is 54.5 Å². The molecule has 1 saturated heterocycles. The van der Waals surface area contributed by atoms with Crippen molar-refractivity contribution in [2.45, 2.75) is 25.4 Å². The van der Waals surface area contributed by atoms with Crippen LogP contribution in [0.3, 0.4) is 0 Å². The molecule has 0 spiro atoms. The molecule has 1 unspecified atom stereocenters. The summed E-state index contributed by atoms with van der Waals surface area (Å²) in [6, 6.07) is 12.2. The van der Waals surface area contributed by atoms with Crippen molar-refractivity contribution in [1.29, 1.82) is 0 Å². The Morgan fingerprint density at radius 1 is 1.15 bits per heavy atom. The Labute approximate surface area is 154 Å². The molecule has 2 aliphatic rings. The van der Waals surface area contributed by atoms with Crippen molar-refractivity contribution in [3.05, 3.63) is 59.9 Å². The van der Waals surface area contributed by atoms with E-state index in [1.165, 1.54) is 11.3 Å². The van der Waals surface area contributed by atoms with Gasteiger partial charge in [0.1, 0.15) is 0 Å². The Morgan fingerprint density at radius 3 is 2.73 bits per heavy atom. The first kappa shape index (κ1) is 17.0. The van der Waals surface area contributed by atoms with E-state index in [2.05, 4.69) is 33.4 Å². The molecule has 2 aromatic rings. The zero-order valence-corrected chi connectivity index (χ0v) is 14.9. The van der Waals surface area contributed by atoms with Gasteiger partial charge in [-0.25, -0.2) is 0 Å². The van der Waals surface area contributed by atoms with Crippen molar-refractivity contribution in [2.24, 2.45) is 5.92 Å². The third-order valence-electron chi connectivity index (χ3n) is 5.44. The summed E-state index contributed by atoms with van der Waals surface area (Å²) in [4.78, 5) is 19.1. The van der Waals surface area contributed by atoms with Crippen LogP contribution in [0.5, 0.6) is 0 Å². The number of anilines is 1. The molecule has 5 nitrogen and oxygen atoms in total. The maximum Gasteiger partial charge on any atom is 0.253 e. The van der Waals surface area contributed by atoms with Crippen LogP contribution in [0.4, 0.5) is 5.69 Å². The molecule has 0 radical (unpaired) electrons. The first-order chi connectivity index (χ1) is 12.8. The van der Waals surface area contributed by atoms with E-state index in [9.17, 15) is 4.79 Å². The van der Waals surface area contributed by atoms with Gasteiger partial charge in [0.05, 0.1) is 6.61 Å². The van der Waals surface area contributed by atoms with E-state index in [0.717, 1.165) is 44.5 Å². The van der Waals surface area contributed by atoms with Gasteiger partial charge in [0.2, 0.25) is 0 Å². The molecule has 1 fully saturated rings. The van der Waals surface area contributed by atoms with Crippen LogP contribution >= 0.6 is 0 Å². The van der Waals surface area contributed by atoms with Gasteiger partial charge in [-0.1, -0.05) is 24.3 Å². The fraction of sp³-hybridized carbons (Fsp3) is 0.429. The van der Waals surface area contributed by atoms with E-state index in [1.807, 2.05) is 30.6 Å². The summed E-state index contributed by atoms with van der Waals surface area (Å²) in [7, 11) is 0. The third-order valence-corrected chi connectivity index (χ3v) is 5.44. The van der Waals surface area contributed by atoms with Crippen LogP contribution < -0.4 is 10.2 Å². The number of hydrogen-bond donors (Lipinski definition) is 1. The van der Waals surface area contributed by atoms with Gasteiger partial charge < -0.3 is 15.0 Å². The zero-order chi connectivity index (χ0) is 17.8. The first-order valence-corrected chi connectivity index (χ1v) is 9.43. The molecule has 0 bridgehead atoms. The first-order valence-electron chi connectivity index (χ1n) is 9.43. The second kappa shape index (κ2) is 7.87. The molecule has 1 aromatic heterocycles. The van der Waals surface area contributed by atoms with Crippen molar-refractivity contribution >= 4 is 11.6 Å². The van der Waals surface area contributed by atoms with Crippen molar-refractivity contribution in [3.8, 4) is 0 Å². The standard InChI is InChI=1S/C21H25N3O2/c25-21(20-19-4-2-1-3-17(19)9-14-26-20)23-15-16-7-12-24(13-8-16)18-5-10-22-11-6-18/h1-6,10-11,16,20H,7-9,12-15H2,(H,23,25). The van der Waals surface area contributed by atoms with E-state index >= 15 is 0 Å². The quantitative estimate of drug-likeness (QED) is 0.920. The van der Waals surface area contributed by atoms with E-state index in [-0.39, 0.29) is 5.91 Å². The van der Waals surface area contributed by atoms with Gasteiger partial charge in [0.25, 0.3) is 5.91 Å². The number of piperidine rings is 1. The van der Waals surface area contributed by atoms with Gasteiger partial charge in [0.15, 0.2) is 6.10 Å². The van der Waals surface area contributed by atoms with E-state index in [1.54, 1.807) is 0 Å². The summed E-state index contributed by atoms with van der Waals surface area (Å²) in [5, 5.41) is 3.13. The Balaban J connectivity index is 1.28. The predicted molar refractivity (Wildman–Crippen MR) is 101 cm³/mol. The lowest BCUT2D eigenvalue weighted by Crippen LogP contribution is -2.40. The van der Waals surface area contributed by atoms with E-state index in [4.69, 9.17) is 4.74 Å². The minimum Gasteiger partial charge on any atom is -0.371 e. The second-order valence-electron chi connectivity index (χ2n) is 7.08. The van der Waals surface area contributed by atoms with Crippen molar-refractivity contribution < 1.29 is 9.53 Å². The lowest BCUT2D eigenvalue weighted by Gasteiger charge is -2.34. The zero-order valence-electron chi connectivity index (χ0n) is 14.9. The summed E-state index contributed by atoms with van der Waals surface area (Å²) in [5.41, 5.74) is 3.48. The number of nitrogens with zero attached hydrogens (tertiary/aromatic N) is 2. The van der Waals surface area contributed by atoms with Gasteiger partial charge >= 0.3 is 0 Å². The second-order valence-corrected chi connectivity index (χ2v) is 7.08. The molecule has 4 rings (SSSR count). The van der Waals surface area contributed by atoms with Crippen LogP contribution in [0.15, 0.2) is 48.8 Å². The monoisotopic (exact) mass is 351 g/mol. The van der Waals surface area contributed by atoms with E-state index < -0.39 is 6.10 Å². The highest BCUT2D eigenvalue weighted by Crippen LogP contribution is 2.27. The van der Waals surface area contributed by atoms with Gasteiger partial charge in [-0.2, -0.15) is 0 Å². The number of benzene rings is 1. The molecule has 5 heteroatoms. The molecule has 26 heavy (non-hydrogen) atoms. The van der Waals surface area contributed by atoms with Crippen LogP contribution in [0.25, 0.3) is 0 Å². The predicted octanol–water partition coefficient (Wildman–Crippen LogP) is 2.73. The Bertz CT molecular complexity index is 742. The maximum absolute atomic E-state index is 12.6. The highest BCUT2D eigenvalue weighted by atomic mass is 16.5. The highest BCUT2D eigenvalue weighted by Gasteiger charge is 2.28. The third kappa shape index (κ3) is 3.73. The average Bonchev–Trinajstić information content (AvgIpc) is 2.72. The minimum absolute atomic E-state index is 0.00582. The maximum atomic E-state index is 12.6. The number of ether oxygens (including phenoxy) is 1. The number of nitrogens with one attached hydrogen (secondary N) is 1. The molecule has 1 atom stereocenters. The minimum atomic E-state index is -0.461. The molecular formula is C21H25N3O2. The molecule has 2 aliphatic heterocycles. The van der Waals surface area contributed by atoms with Gasteiger partial charge in [0, 0.05) is 37.7 Å². The molecule has 1 N–H and O–H groups in total. The van der Waals surface area contributed by atoms with Gasteiger partial charge in [-0.3, -0.25) is 9.78 Å². The largest absolute Gasteiger partial charge is 0.371 e. The molecule has 0 aliphatic carbocycles. The number of pyridine rings is 1. The van der Waals surface area contributed by atoms with E-state index in [0.29, 0.717) is 12.5 Å². The summed E-state index contributed by atoms with van der Waals surface area (Å²) < 4.78 is 5.75. The normalized spacial score (nSPS) is 20.5. The lowest BCUT2D eigenvalue weighted by atomic mass is 9.95. The molecule has 136 valence electrons. The molecule has 1 amide bonds. The Kier molecular flexibility index (Phi) is 5.16. The fourth-order valence-corrected chi connectivity index (χ4v) is 3.90. The molecule has 1 aromatic carbocycles. The summed E-state index contributed by atoms with van der Waals surface area (Å²) >= 11 is 0. The van der Waals surface area contributed by atoms with Crippen LogP contribution in [0.1, 0.15) is 30.1 Å². The van der Waals surface area contributed by atoms with Crippen LogP contribution in [0, 0.1) is 5.92 Å². The number of carbonyl (C=O) groups excluding carboxylic acids is 1. The smallest absolute Gasteiger partial charge is 0.253 e. The molecular weight excluding hydrogens is 326 g/mol. The number of hydrogen-bond acceptors (Lipinski definition) is 4. The highest BCUT2D eigenvalue weighted by molar-refractivity contribution is 5.82. The number of fused-ring (bicyclic) bond motifs is 1. The van der Waals surface area contributed by atoms with Crippen LogP contribution in [0.2, 0.25) is 0 Å². The fourth-order valence-electron chi connectivity index (χ4n) is 3.90. The van der Waals surface area contributed by atoms with Crippen molar-refractivity contribution in [3.63, 3.8) is 0 Å². The lowest BCUT2D eigenvalue weighted by molar-refractivity contribution is -0.134. The average molecular weight is 351 g/mol.